The zero-order valence-electron chi connectivity index (χ0n) is 19.9. The van der Waals surface area contributed by atoms with Crippen molar-refractivity contribution >= 4 is 11.8 Å². The monoisotopic (exact) mass is 444 g/mol. The summed E-state index contributed by atoms with van der Waals surface area (Å²) < 4.78 is 5.75. The molecule has 1 N–H and O–H groups in total. The molecule has 2 fully saturated rings. The molecule has 2 saturated heterocycles. The van der Waals surface area contributed by atoms with Crippen molar-refractivity contribution < 1.29 is 14.3 Å². The second-order valence-electron chi connectivity index (χ2n) is 8.85. The minimum absolute atomic E-state index is 0.0391. The Bertz CT molecular complexity index is 726. The van der Waals surface area contributed by atoms with Gasteiger partial charge in [0.15, 0.2) is 0 Å². The summed E-state index contributed by atoms with van der Waals surface area (Å²) >= 11 is 0. The Balaban J connectivity index is 1.43. The maximum Gasteiger partial charge on any atom is 0.236 e. The van der Waals surface area contributed by atoms with E-state index in [1.54, 1.807) is 0 Å². The Morgan fingerprint density at radius 1 is 0.906 bits per heavy atom. The first-order chi connectivity index (χ1) is 15.6. The molecule has 2 amide bonds. The number of amides is 2. The lowest BCUT2D eigenvalue weighted by Crippen LogP contribution is -2.52. The molecule has 0 radical (unpaired) electrons. The Labute approximate surface area is 193 Å². The highest BCUT2D eigenvalue weighted by Crippen LogP contribution is 2.27. The van der Waals surface area contributed by atoms with Crippen LogP contribution in [0.1, 0.15) is 57.6 Å². The molecule has 7 heteroatoms. The van der Waals surface area contributed by atoms with E-state index >= 15 is 0 Å². The van der Waals surface area contributed by atoms with Crippen LogP contribution in [0.3, 0.4) is 0 Å². The number of nitrogens with zero attached hydrogens (tertiary/aromatic N) is 3. The Morgan fingerprint density at radius 3 is 2.16 bits per heavy atom. The molecule has 1 atom stereocenters. The average Bonchev–Trinajstić information content (AvgIpc) is 3.09. The zero-order chi connectivity index (χ0) is 22.8. The van der Waals surface area contributed by atoms with E-state index in [0.717, 1.165) is 69.8 Å². The SMILES string of the molecule is CCOc1ccccc1C(CC)NC(=O)CN1CCN(CC(=O)N2CCCCCC2)CC1. The van der Waals surface area contributed by atoms with Gasteiger partial charge >= 0.3 is 0 Å². The normalized spacial score (nSPS) is 19.2. The molecule has 2 aliphatic heterocycles. The molecule has 1 aromatic rings. The summed E-state index contributed by atoms with van der Waals surface area (Å²) in [6.07, 6.45) is 5.54. The van der Waals surface area contributed by atoms with Crippen LogP contribution in [-0.2, 0) is 9.59 Å². The molecule has 32 heavy (non-hydrogen) atoms. The Morgan fingerprint density at radius 2 is 1.53 bits per heavy atom. The molecule has 0 aliphatic carbocycles. The number of hydrogen-bond acceptors (Lipinski definition) is 5. The molecule has 178 valence electrons. The van der Waals surface area contributed by atoms with Gasteiger partial charge in [0.2, 0.25) is 11.8 Å². The minimum Gasteiger partial charge on any atom is -0.494 e. The van der Waals surface area contributed by atoms with Crippen molar-refractivity contribution in [1.29, 1.82) is 0 Å². The van der Waals surface area contributed by atoms with Crippen molar-refractivity contribution in [1.82, 2.24) is 20.0 Å². The molecular formula is C25H40N4O3. The molecule has 1 unspecified atom stereocenters. The van der Waals surface area contributed by atoms with Gasteiger partial charge in [0.05, 0.1) is 25.7 Å². The molecule has 0 saturated carbocycles. The van der Waals surface area contributed by atoms with Gasteiger partial charge in [-0.05, 0) is 32.3 Å². The van der Waals surface area contributed by atoms with Gasteiger partial charge in [0.25, 0.3) is 0 Å². The number of hydrogen-bond donors (Lipinski definition) is 1. The topological polar surface area (TPSA) is 65.1 Å². The highest BCUT2D eigenvalue weighted by Gasteiger charge is 2.24. The van der Waals surface area contributed by atoms with E-state index in [0.29, 0.717) is 19.7 Å². The predicted molar refractivity (Wildman–Crippen MR) is 127 cm³/mol. The number of nitrogens with one attached hydrogen (secondary N) is 1. The molecule has 3 rings (SSSR count). The number of rotatable bonds is 9. The number of ether oxygens (including phenoxy) is 1. The zero-order valence-corrected chi connectivity index (χ0v) is 19.9. The van der Waals surface area contributed by atoms with E-state index in [2.05, 4.69) is 22.0 Å². The van der Waals surface area contributed by atoms with Crippen molar-refractivity contribution in [2.45, 2.75) is 52.0 Å². The third kappa shape index (κ3) is 7.20. The predicted octanol–water partition coefficient (Wildman–Crippen LogP) is 2.67. The van der Waals surface area contributed by atoms with Crippen LogP contribution in [0.25, 0.3) is 0 Å². The van der Waals surface area contributed by atoms with Gasteiger partial charge in [-0.3, -0.25) is 19.4 Å². The van der Waals surface area contributed by atoms with E-state index in [-0.39, 0.29) is 17.9 Å². The fourth-order valence-corrected chi connectivity index (χ4v) is 4.62. The van der Waals surface area contributed by atoms with E-state index < -0.39 is 0 Å². The quantitative estimate of drug-likeness (QED) is 0.634. The van der Waals surface area contributed by atoms with Gasteiger partial charge in [0, 0.05) is 44.8 Å². The number of piperazine rings is 1. The van der Waals surface area contributed by atoms with E-state index in [1.165, 1.54) is 12.8 Å². The number of benzene rings is 1. The summed E-state index contributed by atoms with van der Waals surface area (Å²) in [6.45, 7) is 10.6. The number of carbonyl (C=O) groups excluding carboxylic acids is 2. The lowest BCUT2D eigenvalue weighted by atomic mass is 10.0. The first kappa shape index (κ1) is 24.5. The van der Waals surface area contributed by atoms with Gasteiger partial charge in [-0.2, -0.15) is 0 Å². The molecule has 2 aliphatic rings. The Kier molecular flexibility index (Phi) is 9.81. The van der Waals surface area contributed by atoms with Crippen molar-refractivity contribution in [3.8, 4) is 5.75 Å². The van der Waals surface area contributed by atoms with E-state index in [4.69, 9.17) is 4.74 Å². The van der Waals surface area contributed by atoms with Crippen LogP contribution < -0.4 is 10.1 Å². The fraction of sp³-hybridized carbons (Fsp3) is 0.680. The first-order valence-corrected chi connectivity index (χ1v) is 12.3. The summed E-state index contributed by atoms with van der Waals surface area (Å²) in [5.41, 5.74) is 1.03. The highest BCUT2D eigenvalue weighted by atomic mass is 16.5. The number of likely N-dealkylation sites (tertiary alicyclic amines) is 1. The van der Waals surface area contributed by atoms with E-state index in [1.807, 2.05) is 36.1 Å². The van der Waals surface area contributed by atoms with Gasteiger partial charge < -0.3 is 15.0 Å². The minimum atomic E-state index is -0.0576. The average molecular weight is 445 g/mol. The summed E-state index contributed by atoms with van der Waals surface area (Å²) in [4.78, 5) is 31.8. The standard InChI is InChI=1S/C25H40N4O3/c1-3-22(21-11-7-8-12-23(21)32-4-2)26-24(30)19-27-15-17-28(18-16-27)20-25(31)29-13-9-5-6-10-14-29/h7-8,11-12,22H,3-6,9-10,13-20H2,1-2H3,(H,26,30). The van der Waals surface area contributed by atoms with Gasteiger partial charge in [-0.15, -0.1) is 0 Å². The maximum absolute atomic E-state index is 12.8. The Hall–Kier alpha value is -2.12. The molecule has 0 spiro atoms. The van der Waals surface area contributed by atoms with Crippen molar-refractivity contribution in [3.05, 3.63) is 29.8 Å². The number of carbonyl (C=O) groups is 2. The van der Waals surface area contributed by atoms with Crippen LogP contribution in [0, 0.1) is 0 Å². The smallest absolute Gasteiger partial charge is 0.236 e. The van der Waals surface area contributed by atoms with Crippen LogP contribution in [0.2, 0.25) is 0 Å². The van der Waals surface area contributed by atoms with Crippen LogP contribution in [-0.4, -0.2) is 85.5 Å². The number of para-hydroxylation sites is 1. The third-order valence-electron chi connectivity index (χ3n) is 6.49. The lowest BCUT2D eigenvalue weighted by molar-refractivity contribution is -0.133. The van der Waals surface area contributed by atoms with Crippen LogP contribution in [0.4, 0.5) is 0 Å². The second-order valence-corrected chi connectivity index (χ2v) is 8.85. The summed E-state index contributed by atoms with van der Waals surface area (Å²) in [5, 5.41) is 3.19. The molecule has 0 aromatic heterocycles. The highest BCUT2D eigenvalue weighted by molar-refractivity contribution is 5.79. The summed E-state index contributed by atoms with van der Waals surface area (Å²) in [5.74, 6) is 1.14. The van der Waals surface area contributed by atoms with Crippen molar-refractivity contribution in [3.63, 3.8) is 0 Å². The van der Waals surface area contributed by atoms with Gasteiger partial charge in [-0.1, -0.05) is 38.0 Å². The fourth-order valence-electron chi connectivity index (χ4n) is 4.62. The van der Waals surface area contributed by atoms with Crippen LogP contribution in [0.15, 0.2) is 24.3 Å². The van der Waals surface area contributed by atoms with Crippen LogP contribution in [0.5, 0.6) is 5.75 Å². The summed E-state index contributed by atoms with van der Waals surface area (Å²) in [7, 11) is 0. The molecular weight excluding hydrogens is 404 g/mol. The third-order valence-corrected chi connectivity index (χ3v) is 6.49. The maximum atomic E-state index is 12.8. The molecule has 2 heterocycles. The van der Waals surface area contributed by atoms with E-state index in [9.17, 15) is 9.59 Å². The van der Waals surface area contributed by atoms with Crippen molar-refractivity contribution in [2.24, 2.45) is 0 Å². The first-order valence-electron chi connectivity index (χ1n) is 12.3. The van der Waals surface area contributed by atoms with Crippen LogP contribution >= 0.6 is 0 Å². The summed E-state index contributed by atoms with van der Waals surface area (Å²) in [6, 6.07) is 7.87. The molecule has 1 aromatic carbocycles. The molecule has 7 nitrogen and oxygen atoms in total. The largest absolute Gasteiger partial charge is 0.494 e. The van der Waals surface area contributed by atoms with Gasteiger partial charge in [-0.25, -0.2) is 0 Å². The van der Waals surface area contributed by atoms with Gasteiger partial charge in [0.1, 0.15) is 5.75 Å². The molecule has 0 bridgehead atoms. The second kappa shape index (κ2) is 12.8. The lowest BCUT2D eigenvalue weighted by Gasteiger charge is -2.35. The van der Waals surface area contributed by atoms with Crippen molar-refractivity contribution in [2.75, 3.05) is 59.0 Å².